The fourth-order valence-corrected chi connectivity index (χ4v) is 5.43. The minimum absolute atomic E-state index is 0. The van der Waals surface area contributed by atoms with Crippen molar-refractivity contribution < 1.29 is 119 Å². The number of carbonyl (C=O) groups is 1. The Morgan fingerprint density at radius 1 is 0.824 bits per heavy atom. The van der Waals surface area contributed by atoms with Crippen molar-refractivity contribution in [2.24, 2.45) is 7.05 Å². The SMILES string of the molecule is CI.Cn1c(=O)n(-c2c(Cl)cccc2Cl)c(=N)c2cnc(Cl)nc21.Nc1c2cnc(Cl)nc2nc(=O)n1-c1c(Cl)cccc1Cl.O=CO[O-].[H-].[K+].[K+]. The number of nitrogen functional groups attached to an aromatic ring is 1. The van der Waals surface area contributed by atoms with Crippen molar-refractivity contribution in [3.8, 4) is 11.4 Å². The summed E-state index contributed by atoms with van der Waals surface area (Å²) >= 11 is 38.1. The molecular weight excluding hydrogens is 962 g/mol. The van der Waals surface area contributed by atoms with Gasteiger partial charge in [-0.2, -0.15) is 15.0 Å². The van der Waals surface area contributed by atoms with E-state index in [1.165, 1.54) is 24.0 Å². The number of hydrogen-bond acceptors (Lipinski definition) is 12. The number of para-hydroxylation sites is 2. The first-order valence-corrected chi connectivity index (χ1v) is 17.1. The van der Waals surface area contributed by atoms with E-state index in [-0.39, 0.29) is 175 Å². The number of nitrogens with one attached hydrogen (secondary N) is 1. The standard InChI is InChI=1S/C13H8Cl3N5O.C12H6Cl3N5O.CH3I.CH2O3.2K.H/c1-20-11-6(5-18-12(16)19-11)10(17)21(13(20)22)9-7(14)3-2-4-8(9)15;13-6-2-1-3-7(14)8(6)20-9(16)5-4-17-11(15)18-10(5)19-12(20)21;1-2;2-1-4-3;;;/h2-5,17H,1H3;1-4H,16H2;1H3;1,3H;;;/q;;;;2*+1;-1/p-1. The molecule has 0 saturated heterocycles. The third kappa shape index (κ3) is 11.6. The van der Waals surface area contributed by atoms with E-state index < -0.39 is 11.4 Å². The van der Waals surface area contributed by atoms with Crippen LogP contribution >= 0.6 is 92.2 Å². The minimum atomic E-state index is -0.662. The summed E-state index contributed by atoms with van der Waals surface area (Å²) in [5.41, 5.74) is 5.60. The zero-order chi connectivity index (χ0) is 36.6. The van der Waals surface area contributed by atoms with Gasteiger partial charge in [-0.3, -0.25) is 14.8 Å². The van der Waals surface area contributed by atoms with Crippen LogP contribution in [0.15, 0.2) is 58.4 Å². The van der Waals surface area contributed by atoms with Crippen LogP contribution < -0.4 is 131 Å². The van der Waals surface area contributed by atoms with E-state index >= 15 is 0 Å². The van der Waals surface area contributed by atoms with Gasteiger partial charge in [-0.05, 0) is 52.4 Å². The first-order valence-electron chi connectivity index (χ1n) is 12.7. The number of halogens is 7. The quantitative estimate of drug-likeness (QED) is 0.0413. The van der Waals surface area contributed by atoms with Gasteiger partial charge in [0.05, 0.1) is 42.2 Å². The maximum Gasteiger partial charge on any atom is 1.00 e. The molecule has 0 aliphatic heterocycles. The first kappa shape index (κ1) is 48.7. The molecule has 4 aromatic heterocycles. The molecule has 0 fully saturated rings. The number of alkyl halides is 1. The van der Waals surface area contributed by atoms with Gasteiger partial charge >= 0.3 is 114 Å². The normalized spacial score (nSPS) is 9.84. The van der Waals surface area contributed by atoms with Gasteiger partial charge in [0.25, 0.3) is 6.47 Å². The summed E-state index contributed by atoms with van der Waals surface area (Å²) in [6.45, 7) is -0.181. The van der Waals surface area contributed by atoms with Gasteiger partial charge in [0, 0.05) is 19.4 Å². The summed E-state index contributed by atoms with van der Waals surface area (Å²) in [4.78, 5) is 57.4. The fraction of sp³-hybridized carbons (Fsp3) is 0.0741. The van der Waals surface area contributed by atoms with Crippen molar-refractivity contribution in [1.29, 1.82) is 5.41 Å². The van der Waals surface area contributed by atoms with Crippen molar-refractivity contribution in [2.45, 2.75) is 0 Å². The van der Waals surface area contributed by atoms with Crippen molar-refractivity contribution in [3.63, 3.8) is 0 Å². The van der Waals surface area contributed by atoms with Crippen LogP contribution in [-0.4, -0.2) is 50.0 Å². The first-order chi connectivity index (χ1) is 23.3. The average molecular weight is 981 g/mol. The Balaban J connectivity index is 0.000000828. The third-order valence-electron chi connectivity index (χ3n) is 6.02. The van der Waals surface area contributed by atoms with E-state index in [0.717, 1.165) is 9.13 Å². The molecule has 2 aromatic carbocycles. The molecule has 6 aromatic rings. The summed E-state index contributed by atoms with van der Waals surface area (Å²) in [6.07, 6.45) is 2.77. The summed E-state index contributed by atoms with van der Waals surface area (Å²) in [5.74, 6) is 0.0802. The molecule has 4 heterocycles. The molecule has 0 amide bonds. The average Bonchev–Trinajstić information content (AvgIpc) is 3.07. The number of hydrogen-bond donors (Lipinski definition) is 2. The number of rotatable bonds is 3. The van der Waals surface area contributed by atoms with E-state index in [1.807, 2.05) is 4.93 Å². The van der Waals surface area contributed by atoms with Crippen LogP contribution in [0.2, 0.25) is 30.7 Å². The molecule has 6 rings (SSSR count). The Hall–Kier alpha value is -0.347. The number of carbonyl (C=O) groups excluding carboxylic acids is 1. The molecule has 0 unspecified atom stereocenters. The molecule has 0 bridgehead atoms. The van der Waals surface area contributed by atoms with E-state index in [9.17, 15) is 9.59 Å². The van der Waals surface area contributed by atoms with E-state index in [4.69, 9.17) is 90.8 Å². The summed E-state index contributed by atoms with van der Waals surface area (Å²) in [7, 11) is 1.52. The van der Waals surface area contributed by atoms with Gasteiger partial charge in [-0.15, -0.1) is 0 Å². The number of benzene rings is 2. The van der Waals surface area contributed by atoms with Crippen LogP contribution in [-0.2, 0) is 16.7 Å². The Morgan fingerprint density at radius 3 is 1.73 bits per heavy atom. The van der Waals surface area contributed by atoms with Crippen molar-refractivity contribution >= 4 is 127 Å². The summed E-state index contributed by atoms with van der Waals surface area (Å²) < 4.78 is 3.50. The summed E-state index contributed by atoms with van der Waals surface area (Å²) in [6, 6.07) is 9.70. The predicted molar refractivity (Wildman–Crippen MR) is 196 cm³/mol. The Labute approximate surface area is 417 Å². The number of anilines is 1. The van der Waals surface area contributed by atoms with Gasteiger partial charge in [0.1, 0.15) is 11.3 Å². The van der Waals surface area contributed by atoms with E-state index in [2.05, 4.69) is 52.4 Å². The maximum atomic E-state index is 12.6. The van der Waals surface area contributed by atoms with Gasteiger partial charge < -0.3 is 17.3 Å². The van der Waals surface area contributed by atoms with Crippen molar-refractivity contribution in [3.05, 3.63) is 106 Å². The van der Waals surface area contributed by atoms with Crippen LogP contribution in [0, 0.1) is 5.41 Å². The summed E-state index contributed by atoms with van der Waals surface area (Å²) in [5, 5.41) is 18.5. The van der Waals surface area contributed by atoms with Crippen molar-refractivity contribution in [1.82, 2.24) is 38.6 Å². The van der Waals surface area contributed by atoms with Crippen LogP contribution in [0.1, 0.15) is 1.43 Å². The molecule has 15 nitrogen and oxygen atoms in total. The molecule has 0 atom stereocenters. The molecule has 0 aliphatic rings. The molecule has 0 aliphatic carbocycles. The molecule has 3 N–H and O–H groups in total. The van der Waals surface area contributed by atoms with Gasteiger partial charge in [0.2, 0.25) is 10.6 Å². The van der Waals surface area contributed by atoms with Crippen LogP contribution in [0.5, 0.6) is 0 Å². The topological polar surface area (TPSA) is 213 Å². The Bertz CT molecular complexity index is 2340. The van der Waals surface area contributed by atoms with Crippen LogP contribution in [0.3, 0.4) is 0 Å². The van der Waals surface area contributed by atoms with Gasteiger partial charge in [0.15, 0.2) is 11.3 Å². The molecule has 51 heavy (non-hydrogen) atoms. The second-order valence-electron chi connectivity index (χ2n) is 8.73. The Kier molecular flexibility index (Phi) is 21.8. The van der Waals surface area contributed by atoms with Crippen LogP contribution in [0.25, 0.3) is 33.4 Å². The molecule has 258 valence electrons. The van der Waals surface area contributed by atoms with E-state index in [0.29, 0.717) is 10.8 Å². The number of nitrogens with two attached hydrogens (primary N) is 1. The number of aromatic nitrogens is 8. The number of nitrogens with zero attached hydrogens (tertiary/aromatic N) is 8. The fourth-order valence-electron chi connectivity index (χ4n) is 4.04. The van der Waals surface area contributed by atoms with Crippen molar-refractivity contribution in [2.75, 3.05) is 10.7 Å². The molecule has 0 saturated carbocycles. The predicted octanol–water partition coefficient (Wildman–Crippen LogP) is -1.12. The number of aryl methyl sites for hydroxylation is 1. The molecule has 24 heteroatoms. The molecule has 0 spiro atoms. The minimum Gasteiger partial charge on any atom is -1.00 e. The molecular formula is C27H19Cl6IK2N10O5. The second kappa shape index (κ2) is 22.9. The molecule has 0 radical (unpaired) electrons. The van der Waals surface area contributed by atoms with E-state index in [1.54, 1.807) is 36.4 Å². The zero-order valence-corrected chi connectivity index (χ0v) is 39.5. The third-order valence-corrected chi connectivity index (χ3v) is 7.61. The van der Waals surface area contributed by atoms with Crippen LogP contribution in [0.4, 0.5) is 5.82 Å². The monoisotopic (exact) mass is 978 g/mol. The Morgan fingerprint density at radius 2 is 1.25 bits per heavy atom. The smallest absolute Gasteiger partial charge is 1.00 e. The van der Waals surface area contributed by atoms with Gasteiger partial charge in [-0.25, -0.2) is 28.7 Å². The zero-order valence-electron chi connectivity index (χ0n) is 27.5. The number of fused-ring (bicyclic) bond motifs is 2. The largest absolute Gasteiger partial charge is 1.00 e. The van der Waals surface area contributed by atoms with Gasteiger partial charge in [-0.1, -0.05) is 81.1 Å². The maximum absolute atomic E-state index is 12.6. The second-order valence-corrected chi connectivity index (χ2v) is 11.0.